The highest BCUT2D eigenvalue weighted by Gasteiger charge is 2.26. The van der Waals surface area contributed by atoms with E-state index in [1.165, 1.54) is 0 Å². The summed E-state index contributed by atoms with van der Waals surface area (Å²) in [6.45, 7) is 8.51. The molecule has 3 N–H and O–H groups in total. The van der Waals surface area contributed by atoms with Crippen molar-refractivity contribution in [2.24, 2.45) is 5.92 Å². The molecule has 172 valence electrons. The molecule has 2 aromatic rings. The molecule has 0 saturated heterocycles. The fraction of sp³-hybridized carbons (Fsp3) is 0.625. The Morgan fingerprint density at radius 2 is 1.87 bits per heavy atom. The molecule has 1 heterocycles. The molecule has 0 aliphatic heterocycles. The zero-order valence-corrected chi connectivity index (χ0v) is 19.6. The van der Waals surface area contributed by atoms with Gasteiger partial charge in [-0.05, 0) is 44.2 Å². The zero-order valence-electron chi connectivity index (χ0n) is 19.6. The van der Waals surface area contributed by atoms with Crippen molar-refractivity contribution in [3.63, 3.8) is 0 Å². The Kier molecular flexibility index (Phi) is 10.1. The number of carbonyl (C=O) groups excluding carboxylic acids is 1. The first kappa shape index (κ1) is 25.0. The first-order valence-corrected chi connectivity index (χ1v) is 11.5. The van der Waals surface area contributed by atoms with Gasteiger partial charge < -0.3 is 15.4 Å². The molecular formula is C24H39N4O3+. The third kappa shape index (κ3) is 6.87. The Bertz CT molecular complexity index is 894. The van der Waals surface area contributed by atoms with Crippen LogP contribution in [0.5, 0.6) is 0 Å². The van der Waals surface area contributed by atoms with Gasteiger partial charge in [-0.1, -0.05) is 32.4 Å². The predicted molar refractivity (Wildman–Crippen MR) is 124 cm³/mol. The van der Waals surface area contributed by atoms with Gasteiger partial charge in [-0.3, -0.25) is 14.2 Å². The van der Waals surface area contributed by atoms with Crippen LogP contribution in [0.15, 0.2) is 29.1 Å². The van der Waals surface area contributed by atoms with Crippen molar-refractivity contribution in [1.82, 2.24) is 14.5 Å². The molecule has 0 spiro atoms. The average Bonchev–Trinajstić information content (AvgIpc) is 2.74. The molecule has 0 aliphatic carbocycles. The van der Waals surface area contributed by atoms with Gasteiger partial charge in [0.1, 0.15) is 5.82 Å². The van der Waals surface area contributed by atoms with Gasteiger partial charge in [-0.15, -0.1) is 0 Å². The second kappa shape index (κ2) is 12.6. The summed E-state index contributed by atoms with van der Waals surface area (Å²) in [5.74, 6) is 1.00. The molecular weight excluding hydrogens is 392 g/mol. The van der Waals surface area contributed by atoms with Crippen molar-refractivity contribution in [3.8, 4) is 0 Å². The van der Waals surface area contributed by atoms with E-state index in [-0.39, 0.29) is 23.4 Å². The van der Waals surface area contributed by atoms with E-state index in [4.69, 9.17) is 9.72 Å². The van der Waals surface area contributed by atoms with Crippen LogP contribution in [0.2, 0.25) is 0 Å². The van der Waals surface area contributed by atoms with Crippen LogP contribution >= 0.6 is 0 Å². The number of para-hydroxylation sites is 1. The molecule has 1 amide bonds. The minimum absolute atomic E-state index is 0.0868. The fourth-order valence-electron chi connectivity index (χ4n) is 3.86. The monoisotopic (exact) mass is 431 g/mol. The third-order valence-corrected chi connectivity index (χ3v) is 5.55. The predicted octanol–water partition coefficient (Wildman–Crippen LogP) is 2.78. The minimum atomic E-state index is -0.298. The van der Waals surface area contributed by atoms with E-state index in [2.05, 4.69) is 19.6 Å². The average molecular weight is 432 g/mol. The maximum absolute atomic E-state index is 13.2. The molecule has 1 aromatic carbocycles. The van der Waals surface area contributed by atoms with E-state index in [9.17, 15) is 9.59 Å². The number of benzene rings is 1. The summed E-state index contributed by atoms with van der Waals surface area (Å²) in [5.41, 5.74) is 4.47. The van der Waals surface area contributed by atoms with Gasteiger partial charge >= 0.3 is 0 Å². The van der Waals surface area contributed by atoms with Crippen molar-refractivity contribution in [2.75, 3.05) is 26.8 Å². The molecule has 0 saturated carbocycles. The Hall–Kier alpha value is -2.25. The number of amides is 1. The molecule has 1 atom stereocenters. The van der Waals surface area contributed by atoms with Gasteiger partial charge in [0.25, 0.3) is 5.56 Å². The number of rotatable bonds is 13. The number of unbranched alkanes of at least 4 members (excludes halogenated alkanes) is 3. The van der Waals surface area contributed by atoms with Gasteiger partial charge in [0, 0.05) is 20.1 Å². The highest BCUT2D eigenvalue weighted by atomic mass is 16.5. The summed E-state index contributed by atoms with van der Waals surface area (Å²) in [4.78, 5) is 33.1. The Balaban J connectivity index is 2.41. The van der Waals surface area contributed by atoms with Gasteiger partial charge in [0.15, 0.2) is 0 Å². The van der Waals surface area contributed by atoms with E-state index in [1.807, 2.05) is 30.0 Å². The summed E-state index contributed by atoms with van der Waals surface area (Å²) in [5, 5.41) is 0.586. The molecule has 0 unspecified atom stereocenters. The molecule has 31 heavy (non-hydrogen) atoms. The van der Waals surface area contributed by atoms with Gasteiger partial charge in [-0.2, -0.15) is 0 Å². The molecule has 0 bridgehead atoms. The van der Waals surface area contributed by atoms with E-state index >= 15 is 0 Å². The topological polar surface area (TPSA) is 92.1 Å². The smallest absolute Gasteiger partial charge is 0.261 e. The summed E-state index contributed by atoms with van der Waals surface area (Å²) >= 11 is 0. The number of nitrogens with zero attached hydrogens (tertiary/aromatic N) is 3. The number of methoxy groups -OCH3 is 1. The Morgan fingerprint density at radius 3 is 2.55 bits per heavy atom. The second-order valence-electron chi connectivity index (χ2n) is 8.57. The van der Waals surface area contributed by atoms with Crippen molar-refractivity contribution in [3.05, 3.63) is 40.4 Å². The third-order valence-electron chi connectivity index (χ3n) is 5.55. The molecule has 7 nitrogen and oxygen atoms in total. The molecule has 0 aliphatic rings. The summed E-state index contributed by atoms with van der Waals surface area (Å²) in [7, 11) is 1.62. The summed E-state index contributed by atoms with van der Waals surface area (Å²) < 4.78 is 6.91. The zero-order chi connectivity index (χ0) is 22.8. The number of hydrogen-bond acceptors (Lipinski definition) is 4. The Labute approximate surface area is 185 Å². The molecule has 0 fully saturated rings. The SMILES string of the molecule is COCCn1c([C@H](C)N(CCCCCC[NH3+])C(=O)CC(C)C)nc2ccccc2c1=O. The summed E-state index contributed by atoms with van der Waals surface area (Å²) in [6.07, 6.45) is 4.72. The van der Waals surface area contributed by atoms with Gasteiger partial charge in [0.05, 0.1) is 36.6 Å². The normalized spacial score (nSPS) is 12.5. The van der Waals surface area contributed by atoms with Crippen LogP contribution < -0.4 is 11.3 Å². The van der Waals surface area contributed by atoms with Crippen LogP contribution in [-0.2, 0) is 16.1 Å². The Morgan fingerprint density at radius 1 is 1.16 bits per heavy atom. The van der Waals surface area contributed by atoms with Crippen LogP contribution in [-0.4, -0.2) is 47.2 Å². The quantitative estimate of drug-likeness (QED) is 0.494. The van der Waals surface area contributed by atoms with Crippen molar-refractivity contribution in [2.45, 2.75) is 65.5 Å². The van der Waals surface area contributed by atoms with E-state index in [0.29, 0.717) is 42.8 Å². The lowest BCUT2D eigenvalue weighted by Gasteiger charge is -2.31. The largest absolute Gasteiger partial charge is 0.383 e. The molecule has 0 radical (unpaired) electrons. The van der Waals surface area contributed by atoms with Gasteiger partial charge in [0.2, 0.25) is 5.91 Å². The number of fused-ring (bicyclic) bond motifs is 1. The standard InChI is InChI=1S/C24H38N4O3/c1-18(2)17-22(29)27(14-10-6-5-9-13-25)19(3)23-26-21-12-8-7-11-20(21)24(30)28(23)15-16-31-4/h7-8,11-12,18-19H,5-6,9-10,13-17,25H2,1-4H3/p+1/t19-/m0/s1. The maximum atomic E-state index is 13.2. The fourth-order valence-corrected chi connectivity index (χ4v) is 3.86. The van der Waals surface area contributed by atoms with Crippen molar-refractivity contribution < 1.29 is 15.3 Å². The number of ether oxygens (including phenoxy) is 1. The van der Waals surface area contributed by atoms with Crippen LogP contribution in [0, 0.1) is 5.92 Å². The van der Waals surface area contributed by atoms with Crippen molar-refractivity contribution >= 4 is 16.8 Å². The number of carbonyl (C=O) groups is 1. The lowest BCUT2D eigenvalue weighted by molar-refractivity contribution is -0.368. The first-order chi connectivity index (χ1) is 14.9. The molecule has 2 rings (SSSR count). The van der Waals surface area contributed by atoms with Crippen molar-refractivity contribution in [1.29, 1.82) is 0 Å². The molecule has 1 aromatic heterocycles. The van der Waals surface area contributed by atoms with Crippen LogP contribution in [0.25, 0.3) is 10.9 Å². The number of aromatic nitrogens is 2. The van der Waals surface area contributed by atoms with E-state index < -0.39 is 0 Å². The van der Waals surface area contributed by atoms with E-state index in [0.717, 1.165) is 32.2 Å². The number of hydrogen-bond donors (Lipinski definition) is 1. The van der Waals surface area contributed by atoms with Crippen LogP contribution in [0.4, 0.5) is 0 Å². The second-order valence-corrected chi connectivity index (χ2v) is 8.57. The van der Waals surface area contributed by atoms with Gasteiger partial charge in [-0.25, -0.2) is 4.98 Å². The lowest BCUT2D eigenvalue weighted by atomic mass is 10.1. The molecule has 7 heteroatoms. The van der Waals surface area contributed by atoms with E-state index in [1.54, 1.807) is 17.7 Å². The highest BCUT2D eigenvalue weighted by Crippen LogP contribution is 2.23. The number of quaternary nitrogens is 1. The first-order valence-electron chi connectivity index (χ1n) is 11.5. The highest BCUT2D eigenvalue weighted by molar-refractivity contribution is 5.78. The minimum Gasteiger partial charge on any atom is -0.383 e. The summed E-state index contributed by atoms with van der Waals surface area (Å²) in [6, 6.07) is 7.08. The lowest BCUT2D eigenvalue weighted by Crippen LogP contribution is -2.50. The van der Waals surface area contributed by atoms with Crippen LogP contribution in [0.1, 0.15) is 64.7 Å². The van der Waals surface area contributed by atoms with Crippen LogP contribution in [0.3, 0.4) is 0 Å². The maximum Gasteiger partial charge on any atom is 0.261 e.